The third kappa shape index (κ3) is 4.11. The number of oxime groups is 1. The van der Waals surface area contributed by atoms with Gasteiger partial charge in [-0.2, -0.15) is 0 Å². The van der Waals surface area contributed by atoms with Crippen molar-refractivity contribution in [1.82, 2.24) is 4.90 Å². The quantitative estimate of drug-likeness (QED) is 0.345. The van der Waals surface area contributed by atoms with E-state index in [-0.39, 0.29) is 29.6 Å². The van der Waals surface area contributed by atoms with E-state index >= 15 is 0 Å². The van der Waals surface area contributed by atoms with Gasteiger partial charge in [-0.1, -0.05) is 11.6 Å². The first-order chi connectivity index (χ1) is 8.06. The molecule has 5 nitrogen and oxygen atoms in total. The predicted molar refractivity (Wildman–Crippen MR) is 70.4 cm³/mol. The number of carbonyl (C=O) groups is 1. The molecule has 1 unspecified atom stereocenters. The van der Waals surface area contributed by atoms with Crippen LogP contribution in [0.25, 0.3) is 0 Å². The lowest BCUT2D eigenvalue weighted by atomic mass is 10.1. The van der Waals surface area contributed by atoms with Crippen LogP contribution in [0.3, 0.4) is 0 Å². The number of thioether (sulfide) groups is 1. The molecule has 1 aliphatic rings. The molecule has 1 heterocycles. The molecule has 98 valence electrons. The minimum Gasteiger partial charge on any atom is -0.409 e. The van der Waals surface area contributed by atoms with E-state index in [2.05, 4.69) is 5.16 Å². The molecule has 1 rings (SSSR count). The van der Waals surface area contributed by atoms with E-state index in [1.165, 1.54) is 6.42 Å². The standard InChI is InChI=1S/C11H21N3O2S/c1-8(2)14(7-10(12)13-16)11(15)9-5-3-4-6-17-9/h8-9,16H,3-7H2,1-2H3,(H2,12,13). The summed E-state index contributed by atoms with van der Waals surface area (Å²) in [5.41, 5.74) is 5.48. The Morgan fingerprint density at radius 2 is 2.29 bits per heavy atom. The molecule has 3 N–H and O–H groups in total. The second-order valence-electron chi connectivity index (χ2n) is 4.51. The molecule has 1 saturated heterocycles. The first-order valence-electron chi connectivity index (χ1n) is 5.94. The van der Waals surface area contributed by atoms with Gasteiger partial charge in [0.05, 0.1) is 11.8 Å². The summed E-state index contributed by atoms with van der Waals surface area (Å²) >= 11 is 1.72. The lowest BCUT2D eigenvalue weighted by Gasteiger charge is -2.31. The van der Waals surface area contributed by atoms with E-state index in [9.17, 15) is 4.79 Å². The summed E-state index contributed by atoms with van der Waals surface area (Å²) in [6.45, 7) is 4.08. The molecule has 1 amide bonds. The Labute approximate surface area is 106 Å². The summed E-state index contributed by atoms with van der Waals surface area (Å²) in [6.07, 6.45) is 3.23. The molecule has 0 aromatic rings. The van der Waals surface area contributed by atoms with Gasteiger partial charge in [0.2, 0.25) is 5.91 Å². The van der Waals surface area contributed by atoms with Crippen LogP contribution in [0.2, 0.25) is 0 Å². The zero-order valence-corrected chi connectivity index (χ0v) is 11.2. The Kier molecular flexibility index (Phi) is 5.61. The van der Waals surface area contributed by atoms with E-state index in [0.717, 1.165) is 18.6 Å². The molecule has 0 spiro atoms. The number of amides is 1. The Morgan fingerprint density at radius 1 is 1.59 bits per heavy atom. The Morgan fingerprint density at radius 3 is 2.76 bits per heavy atom. The van der Waals surface area contributed by atoms with Crippen LogP contribution in [0.5, 0.6) is 0 Å². The zero-order chi connectivity index (χ0) is 12.8. The fourth-order valence-corrected chi connectivity index (χ4v) is 3.11. The molecular formula is C11H21N3O2S. The number of nitrogens with zero attached hydrogens (tertiary/aromatic N) is 2. The highest BCUT2D eigenvalue weighted by molar-refractivity contribution is 8.00. The first-order valence-corrected chi connectivity index (χ1v) is 6.99. The van der Waals surface area contributed by atoms with Gasteiger partial charge in [0.1, 0.15) is 0 Å². The Balaban J connectivity index is 2.65. The number of hydrogen-bond donors (Lipinski definition) is 2. The lowest BCUT2D eigenvalue weighted by Crippen LogP contribution is -2.47. The van der Waals surface area contributed by atoms with Crippen molar-refractivity contribution in [3.05, 3.63) is 0 Å². The highest BCUT2D eigenvalue weighted by Gasteiger charge is 2.28. The van der Waals surface area contributed by atoms with Crippen molar-refractivity contribution < 1.29 is 10.0 Å². The maximum Gasteiger partial charge on any atom is 0.236 e. The number of nitrogens with two attached hydrogens (primary N) is 1. The maximum absolute atomic E-state index is 12.3. The summed E-state index contributed by atoms with van der Waals surface area (Å²) in [7, 11) is 0. The van der Waals surface area contributed by atoms with Gasteiger partial charge in [0, 0.05) is 6.04 Å². The van der Waals surface area contributed by atoms with Gasteiger partial charge in [-0.25, -0.2) is 0 Å². The molecule has 0 saturated carbocycles. The molecule has 17 heavy (non-hydrogen) atoms. The maximum atomic E-state index is 12.3. The van der Waals surface area contributed by atoms with Crippen LogP contribution in [0, 0.1) is 0 Å². The second kappa shape index (κ2) is 6.74. The van der Waals surface area contributed by atoms with E-state index in [0.29, 0.717) is 0 Å². The lowest BCUT2D eigenvalue weighted by molar-refractivity contribution is -0.131. The van der Waals surface area contributed by atoms with Crippen molar-refractivity contribution in [3.8, 4) is 0 Å². The van der Waals surface area contributed by atoms with Crippen LogP contribution in [0.1, 0.15) is 33.1 Å². The number of rotatable bonds is 4. The van der Waals surface area contributed by atoms with Crippen LogP contribution >= 0.6 is 11.8 Å². The van der Waals surface area contributed by atoms with Crippen LogP contribution in [0.4, 0.5) is 0 Å². The van der Waals surface area contributed by atoms with Gasteiger partial charge < -0.3 is 15.8 Å². The largest absolute Gasteiger partial charge is 0.409 e. The average molecular weight is 259 g/mol. The summed E-state index contributed by atoms with van der Waals surface area (Å²) in [6, 6.07) is 0.0605. The predicted octanol–water partition coefficient (Wildman–Crippen LogP) is 1.26. The smallest absolute Gasteiger partial charge is 0.236 e. The van der Waals surface area contributed by atoms with Gasteiger partial charge in [-0.3, -0.25) is 4.79 Å². The minimum absolute atomic E-state index is 0.0395. The molecule has 1 fully saturated rings. The summed E-state index contributed by atoms with van der Waals surface area (Å²) in [5, 5.41) is 11.5. The average Bonchev–Trinajstić information content (AvgIpc) is 2.35. The fourth-order valence-electron chi connectivity index (χ4n) is 1.84. The highest BCUT2D eigenvalue weighted by Crippen LogP contribution is 2.27. The molecule has 0 bridgehead atoms. The van der Waals surface area contributed by atoms with Gasteiger partial charge >= 0.3 is 0 Å². The van der Waals surface area contributed by atoms with E-state index < -0.39 is 0 Å². The molecule has 0 aromatic carbocycles. The van der Waals surface area contributed by atoms with Gasteiger partial charge in [-0.05, 0) is 32.4 Å². The van der Waals surface area contributed by atoms with Crippen molar-refractivity contribution in [1.29, 1.82) is 0 Å². The molecule has 1 aliphatic heterocycles. The SMILES string of the molecule is CC(C)N(CC(N)=NO)C(=O)C1CCCCS1. The summed E-state index contributed by atoms with van der Waals surface area (Å²) in [4.78, 5) is 14.0. The second-order valence-corrected chi connectivity index (χ2v) is 5.82. The molecule has 6 heteroatoms. The van der Waals surface area contributed by atoms with Crippen molar-refractivity contribution >= 4 is 23.5 Å². The molecular weight excluding hydrogens is 238 g/mol. The van der Waals surface area contributed by atoms with Gasteiger partial charge in [0.15, 0.2) is 5.84 Å². The van der Waals surface area contributed by atoms with Crippen molar-refractivity contribution in [2.24, 2.45) is 10.9 Å². The number of carbonyl (C=O) groups excluding carboxylic acids is 1. The van der Waals surface area contributed by atoms with Gasteiger partial charge in [-0.15, -0.1) is 11.8 Å². The summed E-state index contributed by atoms with van der Waals surface area (Å²) in [5.74, 6) is 1.23. The Hall–Kier alpha value is -0.910. The molecule has 0 aliphatic carbocycles. The van der Waals surface area contributed by atoms with Crippen molar-refractivity contribution in [3.63, 3.8) is 0 Å². The van der Waals surface area contributed by atoms with E-state index in [4.69, 9.17) is 10.9 Å². The number of hydrogen-bond acceptors (Lipinski definition) is 4. The highest BCUT2D eigenvalue weighted by atomic mass is 32.2. The number of amidine groups is 1. The van der Waals surface area contributed by atoms with Gasteiger partial charge in [0.25, 0.3) is 0 Å². The minimum atomic E-state index is 0.0395. The third-order valence-electron chi connectivity index (χ3n) is 2.82. The van der Waals surface area contributed by atoms with E-state index in [1.807, 2.05) is 13.8 Å². The van der Waals surface area contributed by atoms with Crippen molar-refractivity contribution in [2.75, 3.05) is 12.3 Å². The topological polar surface area (TPSA) is 78.9 Å². The summed E-state index contributed by atoms with van der Waals surface area (Å²) < 4.78 is 0. The van der Waals surface area contributed by atoms with Crippen LogP contribution in [-0.2, 0) is 4.79 Å². The molecule has 0 aromatic heterocycles. The van der Waals surface area contributed by atoms with Crippen LogP contribution < -0.4 is 5.73 Å². The molecule has 1 atom stereocenters. The zero-order valence-electron chi connectivity index (χ0n) is 10.4. The molecule has 0 radical (unpaired) electrons. The van der Waals surface area contributed by atoms with E-state index in [1.54, 1.807) is 16.7 Å². The monoisotopic (exact) mass is 259 g/mol. The van der Waals surface area contributed by atoms with Crippen LogP contribution in [0.15, 0.2) is 5.16 Å². The van der Waals surface area contributed by atoms with Crippen molar-refractivity contribution in [2.45, 2.75) is 44.4 Å². The third-order valence-corrected chi connectivity index (χ3v) is 4.19. The normalized spacial score (nSPS) is 21.6. The fraction of sp³-hybridized carbons (Fsp3) is 0.818. The Bertz CT molecular complexity index is 288. The van der Waals surface area contributed by atoms with Crippen LogP contribution in [-0.4, -0.2) is 45.4 Å². The first kappa shape index (κ1) is 14.2.